The topological polar surface area (TPSA) is 42.0 Å². The third-order valence-electron chi connectivity index (χ3n) is 2.02. The molecule has 0 saturated carbocycles. The number of nitrogens with zero attached hydrogens (tertiary/aromatic N) is 1. The summed E-state index contributed by atoms with van der Waals surface area (Å²) >= 11 is 0. The first-order valence-electron chi connectivity index (χ1n) is 4.63. The number of nitrogens with one attached hydrogen (secondary N) is 1. The standard InChI is InChI=1S/C10H16N2OS/c1-9(12-6-7-14(2)13)10-4-3-5-11-8-10/h3-5,8-9,12H,6-7H2,1-2H3. The van der Waals surface area contributed by atoms with Crippen LogP contribution in [0.25, 0.3) is 0 Å². The second-order valence-electron chi connectivity index (χ2n) is 3.24. The molecular weight excluding hydrogens is 196 g/mol. The van der Waals surface area contributed by atoms with E-state index in [1.165, 1.54) is 0 Å². The molecule has 0 aliphatic carbocycles. The molecule has 2 atom stereocenters. The third-order valence-corrected chi connectivity index (χ3v) is 2.80. The molecule has 0 aliphatic rings. The summed E-state index contributed by atoms with van der Waals surface area (Å²) in [6.07, 6.45) is 5.33. The summed E-state index contributed by atoms with van der Waals surface area (Å²) < 4.78 is 10.8. The van der Waals surface area contributed by atoms with E-state index in [0.29, 0.717) is 5.75 Å². The molecule has 0 amide bonds. The molecule has 2 unspecified atom stereocenters. The van der Waals surface area contributed by atoms with E-state index in [2.05, 4.69) is 17.2 Å². The molecule has 0 radical (unpaired) electrons. The lowest BCUT2D eigenvalue weighted by atomic mass is 10.1. The van der Waals surface area contributed by atoms with E-state index in [1.807, 2.05) is 18.3 Å². The van der Waals surface area contributed by atoms with Gasteiger partial charge < -0.3 is 5.32 Å². The van der Waals surface area contributed by atoms with E-state index >= 15 is 0 Å². The Hall–Kier alpha value is -0.740. The van der Waals surface area contributed by atoms with Crippen molar-refractivity contribution in [3.8, 4) is 0 Å². The third kappa shape index (κ3) is 3.98. The van der Waals surface area contributed by atoms with Crippen LogP contribution < -0.4 is 5.32 Å². The molecule has 0 bridgehead atoms. The van der Waals surface area contributed by atoms with Gasteiger partial charge in [0.15, 0.2) is 0 Å². The number of pyridine rings is 1. The average Bonchev–Trinajstić information content (AvgIpc) is 2.18. The largest absolute Gasteiger partial charge is 0.309 e. The molecule has 0 saturated heterocycles. The van der Waals surface area contributed by atoms with Gasteiger partial charge in [-0.3, -0.25) is 9.19 Å². The van der Waals surface area contributed by atoms with Crippen molar-refractivity contribution in [3.05, 3.63) is 30.1 Å². The number of hydrogen-bond donors (Lipinski definition) is 1. The second-order valence-corrected chi connectivity index (χ2v) is 4.79. The highest BCUT2D eigenvalue weighted by Crippen LogP contribution is 2.08. The quantitative estimate of drug-likeness (QED) is 0.795. The van der Waals surface area contributed by atoms with E-state index in [0.717, 1.165) is 12.1 Å². The maximum absolute atomic E-state index is 10.8. The first-order chi connectivity index (χ1) is 6.70. The van der Waals surface area contributed by atoms with Crippen LogP contribution in [0.5, 0.6) is 0 Å². The minimum Gasteiger partial charge on any atom is -0.309 e. The molecule has 1 aromatic rings. The van der Waals surface area contributed by atoms with Crippen LogP contribution in [-0.2, 0) is 10.8 Å². The Morgan fingerprint density at radius 2 is 2.43 bits per heavy atom. The fourth-order valence-electron chi connectivity index (χ4n) is 1.17. The van der Waals surface area contributed by atoms with Crippen LogP contribution in [0.4, 0.5) is 0 Å². The van der Waals surface area contributed by atoms with Crippen LogP contribution in [0.1, 0.15) is 18.5 Å². The number of aromatic nitrogens is 1. The summed E-state index contributed by atoms with van der Waals surface area (Å²) in [6, 6.07) is 4.23. The van der Waals surface area contributed by atoms with Gasteiger partial charge in [0.05, 0.1) is 0 Å². The molecular formula is C10H16N2OS. The van der Waals surface area contributed by atoms with E-state index in [9.17, 15) is 4.21 Å². The lowest BCUT2D eigenvalue weighted by molar-refractivity contribution is 0.595. The van der Waals surface area contributed by atoms with Crippen LogP contribution in [-0.4, -0.2) is 27.7 Å². The van der Waals surface area contributed by atoms with Gasteiger partial charge in [-0.1, -0.05) is 6.07 Å². The minimum atomic E-state index is -0.717. The molecule has 78 valence electrons. The molecule has 0 aliphatic heterocycles. The first kappa shape index (κ1) is 11.3. The Morgan fingerprint density at radius 1 is 1.64 bits per heavy atom. The molecule has 0 aromatic carbocycles. The van der Waals surface area contributed by atoms with Crippen molar-refractivity contribution in [1.82, 2.24) is 10.3 Å². The maximum Gasteiger partial charge on any atom is 0.0357 e. The van der Waals surface area contributed by atoms with E-state index in [-0.39, 0.29) is 6.04 Å². The molecule has 1 rings (SSSR count). The Labute approximate surface area is 87.4 Å². The lowest BCUT2D eigenvalue weighted by Crippen LogP contribution is -2.23. The molecule has 1 N–H and O–H groups in total. The van der Waals surface area contributed by atoms with E-state index in [4.69, 9.17) is 0 Å². The van der Waals surface area contributed by atoms with Crippen LogP contribution in [0.15, 0.2) is 24.5 Å². The molecule has 3 nitrogen and oxygen atoms in total. The fraction of sp³-hybridized carbons (Fsp3) is 0.500. The van der Waals surface area contributed by atoms with Crippen LogP contribution in [0.2, 0.25) is 0 Å². The van der Waals surface area contributed by atoms with Crippen molar-refractivity contribution < 1.29 is 4.21 Å². The SMILES string of the molecule is CC(NCCS(C)=O)c1cccnc1. The van der Waals surface area contributed by atoms with Crippen molar-refractivity contribution in [2.75, 3.05) is 18.6 Å². The van der Waals surface area contributed by atoms with Crippen molar-refractivity contribution in [2.24, 2.45) is 0 Å². The van der Waals surface area contributed by atoms with Gasteiger partial charge in [-0.05, 0) is 18.6 Å². The van der Waals surface area contributed by atoms with Crippen LogP contribution in [0.3, 0.4) is 0 Å². The summed E-state index contributed by atoms with van der Waals surface area (Å²) in [4.78, 5) is 4.05. The van der Waals surface area contributed by atoms with Gasteiger partial charge in [-0.25, -0.2) is 0 Å². The lowest BCUT2D eigenvalue weighted by Gasteiger charge is -2.12. The van der Waals surface area contributed by atoms with Gasteiger partial charge in [0.25, 0.3) is 0 Å². The molecule has 0 fully saturated rings. The van der Waals surface area contributed by atoms with Crippen molar-refractivity contribution in [3.63, 3.8) is 0 Å². The van der Waals surface area contributed by atoms with Gasteiger partial charge in [0, 0.05) is 47.8 Å². The zero-order valence-corrected chi connectivity index (χ0v) is 9.38. The highest BCUT2D eigenvalue weighted by atomic mass is 32.2. The smallest absolute Gasteiger partial charge is 0.0357 e. The predicted molar refractivity (Wildman–Crippen MR) is 59.6 cm³/mol. The summed E-state index contributed by atoms with van der Waals surface area (Å²) in [6.45, 7) is 2.86. The molecule has 4 heteroatoms. The Morgan fingerprint density at radius 3 is 3.00 bits per heavy atom. The second kappa shape index (κ2) is 5.88. The van der Waals surface area contributed by atoms with Crippen molar-refractivity contribution in [2.45, 2.75) is 13.0 Å². The molecule has 1 heterocycles. The van der Waals surface area contributed by atoms with Crippen LogP contribution >= 0.6 is 0 Å². The van der Waals surface area contributed by atoms with Gasteiger partial charge in [0.2, 0.25) is 0 Å². The molecule has 1 aromatic heterocycles. The molecule has 14 heavy (non-hydrogen) atoms. The highest BCUT2D eigenvalue weighted by Gasteiger charge is 2.03. The maximum atomic E-state index is 10.8. The summed E-state index contributed by atoms with van der Waals surface area (Å²) in [5.41, 5.74) is 1.16. The fourth-order valence-corrected chi connectivity index (χ4v) is 1.57. The monoisotopic (exact) mass is 212 g/mol. The van der Waals surface area contributed by atoms with Gasteiger partial charge in [0.1, 0.15) is 0 Å². The minimum absolute atomic E-state index is 0.271. The van der Waals surface area contributed by atoms with Crippen molar-refractivity contribution >= 4 is 10.8 Å². The van der Waals surface area contributed by atoms with E-state index < -0.39 is 10.8 Å². The Bertz CT molecular complexity index is 289. The summed E-state index contributed by atoms with van der Waals surface area (Å²) in [5, 5.41) is 3.30. The highest BCUT2D eigenvalue weighted by molar-refractivity contribution is 7.84. The summed E-state index contributed by atoms with van der Waals surface area (Å²) in [7, 11) is -0.717. The zero-order chi connectivity index (χ0) is 10.4. The van der Waals surface area contributed by atoms with Crippen LogP contribution in [0, 0.1) is 0 Å². The molecule has 0 spiro atoms. The van der Waals surface area contributed by atoms with E-state index in [1.54, 1.807) is 12.5 Å². The van der Waals surface area contributed by atoms with Gasteiger partial charge in [-0.2, -0.15) is 0 Å². The predicted octanol–water partition coefficient (Wildman–Crippen LogP) is 1.11. The Balaban J connectivity index is 2.36. The number of rotatable bonds is 5. The van der Waals surface area contributed by atoms with Gasteiger partial charge >= 0.3 is 0 Å². The number of hydrogen-bond acceptors (Lipinski definition) is 3. The summed E-state index contributed by atoms with van der Waals surface area (Å²) in [5.74, 6) is 0.699. The first-order valence-corrected chi connectivity index (χ1v) is 6.36. The normalized spacial score (nSPS) is 15.0. The van der Waals surface area contributed by atoms with Crippen molar-refractivity contribution in [1.29, 1.82) is 0 Å². The Kier molecular flexibility index (Phi) is 4.76. The average molecular weight is 212 g/mol. The zero-order valence-electron chi connectivity index (χ0n) is 8.56. The van der Waals surface area contributed by atoms with Gasteiger partial charge in [-0.15, -0.1) is 0 Å².